The molecule has 0 aliphatic rings. The van der Waals surface area contributed by atoms with Crippen molar-refractivity contribution in [1.29, 1.82) is 0 Å². The molecule has 0 spiro atoms. The lowest BCUT2D eigenvalue weighted by molar-refractivity contribution is 0.614. The molecule has 3 aromatic heterocycles. The summed E-state index contributed by atoms with van der Waals surface area (Å²) in [4.78, 5) is 4.53. The highest BCUT2D eigenvalue weighted by molar-refractivity contribution is 5.39. The fraction of sp³-hybridized carbons (Fsp3) is 0.250. The van der Waals surface area contributed by atoms with E-state index in [0.717, 1.165) is 23.5 Å². The molecule has 0 fully saturated rings. The number of hydrogen-bond donors (Lipinski definition) is 1. The molecule has 3 aromatic rings. The summed E-state index contributed by atoms with van der Waals surface area (Å²) in [5.74, 6) is 0.501. The lowest BCUT2D eigenvalue weighted by Gasteiger charge is -2.01. The summed E-state index contributed by atoms with van der Waals surface area (Å²) in [6.45, 7) is 2.63. The van der Waals surface area contributed by atoms with E-state index in [1.165, 1.54) is 0 Å². The standard InChI is InChI=1S/C12H14N6/c1-2-10-12(13)15-16-18(10)8-9-7-17-6-4-3-5-11(17)14-9/h3-7H,2,8,13H2,1H3. The molecule has 0 saturated carbocycles. The third-order valence-corrected chi connectivity index (χ3v) is 2.93. The summed E-state index contributed by atoms with van der Waals surface area (Å²) in [5, 5.41) is 7.94. The highest BCUT2D eigenvalue weighted by atomic mass is 15.4. The molecule has 6 heteroatoms. The summed E-state index contributed by atoms with van der Waals surface area (Å²) < 4.78 is 3.79. The fourth-order valence-corrected chi connectivity index (χ4v) is 2.05. The Balaban J connectivity index is 1.96. The average Bonchev–Trinajstić information content (AvgIpc) is 2.93. The topological polar surface area (TPSA) is 74.0 Å². The van der Waals surface area contributed by atoms with Gasteiger partial charge < -0.3 is 10.1 Å². The predicted molar refractivity (Wildman–Crippen MR) is 68.1 cm³/mol. The van der Waals surface area contributed by atoms with Gasteiger partial charge in [-0.2, -0.15) is 0 Å². The Bertz CT molecular complexity index is 648. The maximum Gasteiger partial charge on any atom is 0.169 e. The van der Waals surface area contributed by atoms with E-state index in [-0.39, 0.29) is 0 Å². The number of nitrogens with zero attached hydrogens (tertiary/aromatic N) is 5. The van der Waals surface area contributed by atoms with Gasteiger partial charge in [-0.1, -0.05) is 18.2 Å². The van der Waals surface area contributed by atoms with Gasteiger partial charge in [0.2, 0.25) is 0 Å². The summed E-state index contributed by atoms with van der Waals surface area (Å²) in [6, 6.07) is 5.92. The molecular weight excluding hydrogens is 228 g/mol. The van der Waals surface area contributed by atoms with Crippen LogP contribution in [0.5, 0.6) is 0 Å². The molecule has 3 heterocycles. The molecule has 18 heavy (non-hydrogen) atoms. The number of hydrogen-bond acceptors (Lipinski definition) is 4. The molecule has 0 bridgehead atoms. The molecule has 0 aliphatic carbocycles. The second-order valence-corrected chi connectivity index (χ2v) is 4.13. The van der Waals surface area contributed by atoms with E-state index < -0.39 is 0 Å². The first-order chi connectivity index (χ1) is 8.78. The minimum atomic E-state index is 0.501. The van der Waals surface area contributed by atoms with Crippen molar-refractivity contribution in [3.05, 3.63) is 42.0 Å². The van der Waals surface area contributed by atoms with E-state index in [4.69, 9.17) is 5.73 Å². The molecule has 0 aliphatic heterocycles. The average molecular weight is 242 g/mol. The zero-order valence-electron chi connectivity index (χ0n) is 10.1. The molecule has 0 atom stereocenters. The molecule has 0 aromatic carbocycles. The highest BCUT2D eigenvalue weighted by Gasteiger charge is 2.10. The van der Waals surface area contributed by atoms with Gasteiger partial charge in [-0.25, -0.2) is 9.67 Å². The van der Waals surface area contributed by atoms with E-state index in [1.807, 2.05) is 41.9 Å². The number of rotatable bonds is 3. The van der Waals surface area contributed by atoms with Crippen molar-refractivity contribution in [1.82, 2.24) is 24.4 Å². The van der Waals surface area contributed by atoms with E-state index in [1.54, 1.807) is 4.68 Å². The number of nitrogens with two attached hydrogens (primary N) is 1. The number of aromatic nitrogens is 5. The largest absolute Gasteiger partial charge is 0.381 e. The van der Waals surface area contributed by atoms with Gasteiger partial charge in [-0.15, -0.1) is 5.10 Å². The normalized spacial score (nSPS) is 11.2. The Morgan fingerprint density at radius 1 is 1.33 bits per heavy atom. The van der Waals surface area contributed by atoms with Gasteiger partial charge in [0.15, 0.2) is 5.82 Å². The van der Waals surface area contributed by atoms with Crippen LogP contribution in [0.25, 0.3) is 5.65 Å². The van der Waals surface area contributed by atoms with Gasteiger partial charge in [0, 0.05) is 12.4 Å². The number of fused-ring (bicyclic) bond motifs is 1. The van der Waals surface area contributed by atoms with Crippen molar-refractivity contribution in [3.8, 4) is 0 Å². The molecule has 2 N–H and O–H groups in total. The second kappa shape index (κ2) is 4.14. The zero-order valence-corrected chi connectivity index (χ0v) is 10.1. The number of anilines is 1. The molecule has 0 unspecified atom stereocenters. The van der Waals surface area contributed by atoms with E-state index in [9.17, 15) is 0 Å². The SMILES string of the molecule is CCc1c(N)nnn1Cc1cn2ccccc2n1. The zero-order chi connectivity index (χ0) is 12.5. The summed E-state index contributed by atoms with van der Waals surface area (Å²) in [7, 11) is 0. The maximum atomic E-state index is 5.76. The van der Waals surface area contributed by atoms with Gasteiger partial charge in [0.25, 0.3) is 0 Å². The first-order valence-electron chi connectivity index (χ1n) is 5.88. The van der Waals surface area contributed by atoms with Crippen LogP contribution in [0.15, 0.2) is 30.6 Å². The van der Waals surface area contributed by atoms with Crippen LogP contribution in [0.4, 0.5) is 5.82 Å². The molecule has 0 amide bonds. The molecule has 0 saturated heterocycles. The van der Waals surface area contributed by atoms with Crippen molar-refractivity contribution in [2.24, 2.45) is 0 Å². The van der Waals surface area contributed by atoms with E-state index in [0.29, 0.717) is 12.4 Å². The maximum absolute atomic E-state index is 5.76. The predicted octanol–water partition coefficient (Wildman–Crippen LogP) is 1.12. The summed E-state index contributed by atoms with van der Waals surface area (Å²) in [6.07, 6.45) is 4.78. The van der Waals surface area contributed by atoms with Crippen LogP contribution >= 0.6 is 0 Å². The Morgan fingerprint density at radius 2 is 2.22 bits per heavy atom. The molecule has 92 valence electrons. The van der Waals surface area contributed by atoms with Gasteiger partial charge >= 0.3 is 0 Å². The first kappa shape index (κ1) is 10.8. The first-order valence-corrected chi connectivity index (χ1v) is 5.88. The van der Waals surface area contributed by atoms with Gasteiger partial charge in [0.05, 0.1) is 17.9 Å². The number of pyridine rings is 1. The van der Waals surface area contributed by atoms with Crippen molar-refractivity contribution >= 4 is 11.5 Å². The lowest BCUT2D eigenvalue weighted by Crippen LogP contribution is -2.06. The Kier molecular flexibility index (Phi) is 2.47. The molecule has 0 radical (unpaired) electrons. The van der Waals surface area contributed by atoms with Crippen LogP contribution in [0.3, 0.4) is 0 Å². The lowest BCUT2D eigenvalue weighted by atomic mass is 10.3. The molecular formula is C12H14N6. The third kappa shape index (κ3) is 1.71. The second-order valence-electron chi connectivity index (χ2n) is 4.13. The Morgan fingerprint density at radius 3 is 3.00 bits per heavy atom. The van der Waals surface area contributed by atoms with Crippen LogP contribution in [0, 0.1) is 0 Å². The van der Waals surface area contributed by atoms with Gasteiger partial charge in [-0.05, 0) is 18.6 Å². The van der Waals surface area contributed by atoms with Crippen molar-refractivity contribution in [3.63, 3.8) is 0 Å². The van der Waals surface area contributed by atoms with Crippen molar-refractivity contribution < 1.29 is 0 Å². The number of imidazole rings is 1. The monoisotopic (exact) mass is 242 g/mol. The summed E-state index contributed by atoms with van der Waals surface area (Å²) in [5.41, 5.74) is 8.59. The van der Waals surface area contributed by atoms with Crippen molar-refractivity contribution in [2.75, 3.05) is 5.73 Å². The minimum absolute atomic E-state index is 0.501. The summed E-state index contributed by atoms with van der Waals surface area (Å²) >= 11 is 0. The van der Waals surface area contributed by atoms with Crippen LogP contribution in [0.1, 0.15) is 18.3 Å². The number of nitrogen functional groups attached to an aromatic ring is 1. The van der Waals surface area contributed by atoms with Gasteiger partial charge in [-0.3, -0.25) is 0 Å². The Labute approximate surface area is 104 Å². The fourth-order valence-electron chi connectivity index (χ4n) is 2.05. The smallest absolute Gasteiger partial charge is 0.169 e. The third-order valence-electron chi connectivity index (χ3n) is 2.93. The van der Waals surface area contributed by atoms with Crippen LogP contribution in [-0.4, -0.2) is 24.4 Å². The molecule has 3 rings (SSSR count). The van der Waals surface area contributed by atoms with Gasteiger partial charge in [0.1, 0.15) is 5.65 Å². The van der Waals surface area contributed by atoms with Crippen LogP contribution < -0.4 is 5.73 Å². The Hall–Kier alpha value is -2.37. The van der Waals surface area contributed by atoms with Crippen LogP contribution in [0.2, 0.25) is 0 Å². The van der Waals surface area contributed by atoms with E-state index >= 15 is 0 Å². The van der Waals surface area contributed by atoms with Crippen LogP contribution in [-0.2, 0) is 13.0 Å². The minimum Gasteiger partial charge on any atom is -0.381 e. The molecule has 6 nitrogen and oxygen atoms in total. The van der Waals surface area contributed by atoms with E-state index in [2.05, 4.69) is 15.3 Å². The van der Waals surface area contributed by atoms with Crippen molar-refractivity contribution in [2.45, 2.75) is 19.9 Å². The highest BCUT2D eigenvalue weighted by Crippen LogP contribution is 2.11. The quantitative estimate of drug-likeness (QED) is 0.746.